The molecule has 2 N–H and O–H groups in total. The zero-order chi connectivity index (χ0) is 44.2. The second-order valence-corrected chi connectivity index (χ2v) is 32.8. The van der Waals surface area contributed by atoms with Crippen LogP contribution in [0.4, 0.5) is 13.2 Å². The van der Waals surface area contributed by atoms with Gasteiger partial charge in [-0.1, -0.05) is 0 Å². The van der Waals surface area contributed by atoms with Crippen LogP contribution in [0.25, 0.3) is 0 Å². The van der Waals surface area contributed by atoms with Crippen LogP contribution in [0.15, 0.2) is 255 Å². The second kappa shape index (κ2) is 18.0. The predicted octanol–water partition coefficient (Wildman–Crippen LogP) is 5.19. The molecule has 0 aliphatic heterocycles. The third-order valence-corrected chi connectivity index (χ3v) is 38.8. The van der Waals surface area contributed by atoms with Crippen LogP contribution in [0.2, 0.25) is 0 Å². The molecule has 0 saturated carbocycles. The van der Waals surface area contributed by atoms with Crippen LogP contribution in [-0.4, -0.2) is 32.6 Å². The van der Waals surface area contributed by atoms with Crippen molar-refractivity contribution in [2.75, 3.05) is 0 Å². The van der Waals surface area contributed by atoms with Gasteiger partial charge in [0.25, 0.3) is 0 Å². The number of hydrogen-bond donors (Lipinski definition) is 0. The Balaban J connectivity index is 0.00000576. The van der Waals surface area contributed by atoms with Crippen molar-refractivity contribution in [2.45, 2.75) is 0 Å². The van der Waals surface area contributed by atoms with Crippen molar-refractivity contribution in [1.82, 2.24) is 0 Å². The molecule has 9 rings (SSSR count). The van der Waals surface area contributed by atoms with Gasteiger partial charge in [-0.3, -0.25) is 0 Å². The Kier molecular flexibility index (Phi) is 12.6. The minimum Gasteiger partial charge on any atom is -0.412 e. The van der Waals surface area contributed by atoms with Crippen molar-refractivity contribution in [2.24, 2.45) is 0 Å². The fourth-order valence-electron chi connectivity index (χ4n) is 9.48. The number of halogens is 3. The molecule has 0 amide bonds. The van der Waals surface area contributed by atoms with Crippen LogP contribution in [0.5, 0.6) is 0 Å². The van der Waals surface area contributed by atoms with Crippen molar-refractivity contribution in [3.05, 3.63) is 272 Å². The largest absolute Gasteiger partial charge is 0.412 e. The first-order chi connectivity index (χ1) is 31.2. The van der Waals surface area contributed by atoms with Crippen molar-refractivity contribution in [3.63, 3.8) is 0 Å². The first-order valence-corrected chi connectivity index (χ1v) is 29.5. The van der Waals surface area contributed by atoms with E-state index >= 15 is 13.2 Å². The van der Waals surface area contributed by atoms with Gasteiger partial charge in [-0.05, 0) is 0 Å². The van der Waals surface area contributed by atoms with E-state index in [0.717, 1.165) is 31.1 Å². The monoisotopic (exact) mass is 951 g/mol. The Morgan fingerprint density at radius 1 is 0.292 bits per heavy atom. The van der Waals surface area contributed by atoms with Crippen LogP contribution in [-0.2, 0) is 22.9 Å². The summed E-state index contributed by atoms with van der Waals surface area (Å²) in [6, 6.07) is 79.1. The molecule has 0 spiro atoms. The molecule has 0 saturated heterocycles. The summed E-state index contributed by atoms with van der Waals surface area (Å²) < 4.78 is 74.9. The van der Waals surface area contributed by atoms with Gasteiger partial charge in [-0.2, -0.15) is 0 Å². The molecule has 4 nitrogen and oxygen atoms in total. The Morgan fingerprint density at radius 2 is 0.477 bits per heavy atom. The summed E-state index contributed by atoms with van der Waals surface area (Å²) in [6.07, 6.45) is 0. The Morgan fingerprint density at radius 3 is 0.646 bits per heavy atom. The molecule has 0 bridgehead atoms. The summed E-state index contributed by atoms with van der Waals surface area (Å²) in [5.41, 5.74) is 0. The van der Waals surface area contributed by atoms with E-state index in [1.54, 1.807) is 36.4 Å². The molecular formula is C54H47F3O4Si3V. The van der Waals surface area contributed by atoms with Gasteiger partial charge >= 0.3 is 379 Å². The van der Waals surface area contributed by atoms with E-state index in [9.17, 15) is 0 Å². The molecule has 65 heavy (non-hydrogen) atoms. The van der Waals surface area contributed by atoms with Crippen LogP contribution in [0.1, 0.15) is 0 Å². The molecule has 0 atom stereocenters. The summed E-state index contributed by atoms with van der Waals surface area (Å²) >= 11 is -7.62. The fraction of sp³-hybridized carbons (Fsp3) is 0. The standard InChI is InChI=1S/2C18H15OSi.3C6H4F.H3OSi.H2O.V/c2*19-20(16-10-4-1-5-11-16,17-12-6-2-7-13-17)18-14-8-3-9-15-18;3*7-6-4-2-1-3-5-6;1-2;;/h2*1-15H;3*2-5H;2H3;1H2;/q2*-1;;;;-1;;+3. The molecule has 11 heteroatoms. The Bertz CT molecular complexity index is 2540. The van der Waals surface area contributed by atoms with E-state index in [-0.39, 0.29) is 16.0 Å². The van der Waals surface area contributed by atoms with Crippen LogP contribution in [0.3, 0.4) is 0 Å². The molecule has 0 unspecified atom stereocenters. The van der Waals surface area contributed by atoms with Crippen molar-refractivity contribution in [1.29, 1.82) is 0 Å². The van der Waals surface area contributed by atoms with Gasteiger partial charge in [-0.25, -0.2) is 0 Å². The molecule has 0 aliphatic carbocycles. The van der Waals surface area contributed by atoms with Crippen molar-refractivity contribution in [3.8, 4) is 0 Å². The SMILES string of the molecule is Fc1cc[c]([V]([O][SiH3])([O][Si](c2ccccc2)(c2ccccc2)c2ccccc2)([O][Si](c2ccccc2)(c2ccccc2)c2ccccc2)([c]2ccc(F)cc2)[c]2ccc(F)cc2)cc1.O. The summed E-state index contributed by atoms with van der Waals surface area (Å²) in [4.78, 5) is 0. The van der Waals surface area contributed by atoms with Gasteiger partial charge < -0.3 is 5.48 Å². The minimum absolute atomic E-state index is 0. The molecule has 9 aromatic rings. The molecule has 0 fully saturated rings. The summed E-state index contributed by atoms with van der Waals surface area (Å²) in [5.74, 6) is -1.48. The van der Waals surface area contributed by atoms with Crippen molar-refractivity contribution >= 4 is 71.1 Å². The van der Waals surface area contributed by atoms with Gasteiger partial charge in [0.05, 0.1) is 0 Å². The number of benzene rings is 9. The van der Waals surface area contributed by atoms with Gasteiger partial charge in [0, 0.05) is 0 Å². The molecule has 0 aromatic heterocycles. The topological polar surface area (TPSA) is 59.2 Å². The van der Waals surface area contributed by atoms with Crippen LogP contribution < -0.4 is 43.9 Å². The predicted molar refractivity (Wildman–Crippen MR) is 263 cm³/mol. The average Bonchev–Trinajstić information content (AvgIpc) is 3.37. The van der Waals surface area contributed by atoms with Crippen molar-refractivity contribution < 1.29 is 41.5 Å². The van der Waals surface area contributed by atoms with E-state index in [0.29, 0.717) is 12.8 Å². The Hall–Kier alpha value is -6.15. The molecule has 0 radical (unpaired) electrons. The third kappa shape index (κ3) is 7.15. The van der Waals surface area contributed by atoms with Gasteiger partial charge in [-0.15, -0.1) is 0 Å². The minimum atomic E-state index is -7.62. The van der Waals surface area contributed by atoms with Gasteiger partial charge in [0.15, 0.2) is 0 Å². The van der Waals surface area contributed by atoms with Crippen LogP contribution >= 0.6 is 0 Å². The average molecular weight is 952 g/mol. The normalized spacial score (nSPS) is 13.0. The molecule has 325 valence electrons. The van der Waals surface area contributed by atoms with E-state index in [2.05, 4.69) is 72.8 Å². The molecule has 0 heterocycles. The van der Waals surface area contributed by atoms with E-state index in [1.165, 1.54) is 36.4 Å². The zero-order valence-corrected chi connectivity index (χ0v) is 41.0. The van der Waals surface area contributed by atoms with E-state index in [4.69, 9.17) is 10.1 Å². The van der Waals surface area contributed by atoms with Gasteiger partial charge in [0.1, 0.15) is 0 Å². The first kappa shape index (κ1) is 45.4. The maximum Gasteiger partial charge on any atom is -0.412 e. The second-order valence-electron chi connectivity index (χ2n) is 15.7. The third-order valence-electron chi connectivity index (χ3n) is 12.4. The van der Waals surface area contributed by atoms with Crippen LogP contribution in [0, 0.1) is 17.5 Å². The van der Waals surface area contributed by atoms with E-state index in [1.807, 2.05) is 109 Å². The summed E-state index contributed by atoms with van der Waals surface area (Å²) in [7, 11) is -8.30. The van der Waals surface area contributed by atoms with Gasteiger partial charge in [0.2, 0.25) is 0 Å². The first-order valence-electron chi connectivity index (χ1n) is 21.0. The molecule has 9 aromatic carbocycles. The van der Waals surface area contributed by atoms with E-state index < -0.39 is 46.9 Å². The maximum atomic E-state index is 15.8. The number of rotatable bonds is 14. The molecular weight excluding hydrogens is 905 g/mol. The fourth-order valence-corrected chi connectivity index (χ4v) is 42.0. The number of hydrogen-bond acceptors (Lipinski definition) is 3. The smallest absolute Gasteiger partial charge is 0.412 e. The maximum absolute atomic E-state index is 15.8. The zero-order valence-electron chi connectivity index (χ0n) is 35.6. The quantitative estimate of drug-likeness (QED) is 0.112. The summed E-state index contributed by atoms with van der Waals surface area (Å²) in [5, 5.41) is 5.16. The molecule has 0 aliphatic rings. The summed E-state index contributed by atoms with van der Waals surface area (Å²) in [6.45, 7) is 0. The Labute approximate surface area is 382 Å².